The van der Waals surface area contributed by atoms with Gasteiger partial charge in [-0.15, -0.1) is 0 Å². The summed E-state index contributed by atoms with van der Waals surface area (Å²) in [6, 6.07) is 7.95. The van der Waals surface area contributed by atoms with Gasteiger partial charge >= 0.3 is 0 Å². The number of nitrogens with zero attached hydrogens (tertiary/aromatic N) is 2. The van der Waals surface area contributed by atoms with Gasteiger partial charge in [0, 0.05) is 24.4 Å². The first-order valence-corrected chi connectivity index (χ1v) is 7.92. The van der Waals surface area contributed by atoms with Crippen molar-refractivity contribution < 1.29 is 9.59 Å². The molecule has 0 bridgehead atoms. The zero-order valence-corrected chi connectivity index (χ0v) is 13.5. The molecule has 0 saturated carbocycles. The average molecular weight is 311 g/mol. The molecule has 0 atom stereocenters. The van der Waals surface area contributed by atoms with E-state index in [1.54, 1.807) is 4.90 Å². The van der Waals surface area contributed by atoms with Gasteiger partial charge < -0.3 is 10.6 Å². The molecule has 1 fully saturated rings. The van der Waals surface area contributed by atoms with Crippen LogP contribution < -0.4 is 5.73 Å². The molecule has 2 N–H and O–H groups in total. The number of benzene rings is 1. The summed E-state index contributed by atoms with van der Waals surface area (Å²) < 4.78 is 0. The molecule has 2 aromatic rings. The molecule has 1 aliphatic heterocycles. The molecule has 0 radical (unpaired) electrons. The van der Waals surface area contributed by atoms with Crippen molar-refractivity contribution in [3.63, 3.8) is 0 Å². The molecule has 1 aromatic heterocycles. The van der Waals surface area contributed by atoms with Crippen LogP contribution in [0.2, 0.25) is 0 Å². The molecule has 2 heterocycles. The number of pyridine rings is 1. The second-order valence-corrected chi connectivity index (χ2v) is 6.29. The molecular weight excluding hydrogens is 290 g/mol. The van der Waals surface area contributed by atoms with Gasteiger partial charge in [-0.3, -0.25) is 14.6 Å². The lowest BCUT2D eigenvalue weighted by atomic mass is 9.95. The number of amides is 2. The molecule has 1 aromatic carbocycles. The van der Waals surface area contributed by atoms with Crippen LogP contribution in [0.1, 0.15) is 34.5 Å². The Morgan fingerprint density at radius 3 is 2.52 bits per heavy atom. The van der Waals surface area contributed by atoms with Crippen molar-refractivity contribution in [3.8, 4) is 0 Å². The number of piperidine rings is 1. The van der Waals surface area contributed by atoms with Crippen LogP contribution in [0.4, 0.5) is 0 Å². The quantitative estimate of drug-likeness (QED) is 0.923. The largest absolute Gasteiger partial charge is 0.369 e. The third-order valence-corrected chi connectivity index (χ3v) is 4.58. The van der Waals surface area contributed by atoms with E-state index in [4.69, 9.17) is 5.73 Å². The van der Waals surface area contributed by atoms with Gasteiger partial charge in [-0.1, -0.05) is 12.1 Å². The van der Waals surface area contributed by atoms with Crippen LogP contribution in [0.3, 0.4) is 0 Å². The molecular formula is C18H21N3O2. The minimum Gasteiger partial charge on any atom is -0.369 e. The second-order valence-electron chi connectivity index (χ2n) is 6.29. The zero-order valence-electron chi connectivity index (χ0n) is 13.5. The van der Waals surface area contributed by atoms with Gasteiger partial charge in [0.25, 0.3) is 5.91 Å². The van der Waals surface area contributed by atoms with E-state index in [2.05, 4.69) is 4.98 Å². The van der Waals surface area contributed by atoms with Crippen molar-refractivity contribution in [2.75, 3.05) is 13.1 Å². The Bertz CT molecular complexity index is 777. The Morgan fingerprint density at radius 1 is 1.17 bits per heavy atom. The minimum absolute atomic E-state index is 0.0135. The highest BCUT2D eigenvalue weighted by Gasteiger charge is 2.27. The zero-order chi connectivity index (χ0) is 16.6. The van der Waals surface area contributed by atoms with Crippen LogP contribution in [-0.4, -0.2) is 34.8 Å². The van der Waals surface area contributed by atoms with E-state index in [0.29, 0.717) is 31.5 Å². The third-order valence-electron chi connectivity index (χ3n) is 4.58. The number of aryl methyl sites for hydroxylation is 2. The lowest BCUT2D eigenvalue weighted by molar-refractivity contribution is -0.123. The Balaban J connectivity index is 1.85. The summed E-state index contributed by atoms with van der Waals surface area (Å²) >= 11 is 0. The number of hydrogen-bond donors (Lipinski definition) is 1. The normalized spacial score (nSPS) is 15.8. The van der Waals surface area contributed by atoms with E-state index in [0.717, 1.165) is 22.2 Å². The summed E-state index contributed by atoms with van der Waals surface area (Å²) in [5.74, 6) is -0.394. The number of likely N-dealkylation sites (tertiary alicyclic amines) is 1. The van der Waals surface area contributed by atoms with Crippen LogP contribution in [-0.2, 0) is 4.79 Å². The fourth-order valence-electron chi connectivity index (χ4n) is 3.13. The summed E-state index contributed by atoms with van der Waals surface area (Å²) in [5, 5.41) is 0.969. The van der Waals surface area contributed by atoms with Gasteiger partial charge in [-0.25, -0.2) is 0 Å². The predicted octanol–water partition coefficient (Wildman–Crippen LogP) is 2.19. The molecule has 5 heteroatoms. The van der Waals surface area contributed by atoms with Gasteiger partial charge in [-0.2, -0.15) is 0 Å². The van der Waals surface area contributed by atoms with E-state index in [9.17, 15) is 9.59 Å². The third kappa shape index (κ3) is 3.04. The van der Waals surface area contributed by atoms with Gasteiger partial charge in [0.2, 0.25) is 5.91 Å². The number of nitrogens with two attached hydrogens (primary N) is 1. The summed E-state index contributed by atoms with van der Waals surface area (Å²) in [6.07, 6.45) is 1.28. The SMILES string of the molecule is Cc1ccc2cc(C(=O)N3CCC(C(N)=O)CC3)c(C)nc2c1. The van der Waals surface area contributed by atoms with Crippen molar-refractivity contribution in [3.05, 3.63) is 41.1 Å². The molecule has 0 spiro atoms. The maximum atomic E-state index is 12.8. The number of primary amides is 1. The number of fused-ring (bicyclic) bond motifs is 1. The Hall–Kier alpha value is -2.43. The standard InChI is InChI=1S/C18H21N3O2/c1-11-3-4-14-10-15(12(2)20-16(14)9-11)18(23)21-7-5-13(6-8-21)17(19)22/h3-4,9-10,13H,5-8H2,1-2H3,(H2,19,22). The van der Waals surface area contributed by atoms with Crippen molar-refractivity contribution in [1.29, 1.82) is 0 Å². The molecule has 2 amide bonds. The van der Waals surface area contributed by atoms with Crippen LogP contribution in [0.25, 0.3) is 10.9 Å². The lowest BCUT2D eigenvalue weighted by Crippen LogP contribution is -2.42. The van der Waals surface area contributed by atoms with Gasteiger partial charge in [0.05, 0.1) is 16.8 Å². The number of rotatable bonds is 2. The maximum Gasteiger partial charge on any atom is 0.255 e. The first-order chi connectivity index (χ1) is 11.0. The molecule has 5 nitrogen and oxygen atoms in total. The van der Waals surface area contributed by atoms with Gasteiger partial charge in [0.15, 0.2) is 0 Å². The van der Waals surface area contributed by atoms with Crippen molar-refractivity contribution in [1.82, 2.24) is 9.88 Å². The summed E-state index contributed by atoms with van der Waals surface area (Å²) in [5.41, 5.74) is 8.78. The van der Waals surface area contributed by atoms with E-state index in [-0.39, 0.29) is 17.7 Å². The van der Waals surface area contributed by atoms with Gasteiger partial charge in [0.1, 0.15) is 0 Å². The highest BCUT2D eigenvalue weighted by atomic mass is 16.2. The lowest BCUT2D eigenvalue weighted by Gasteiger charge is -2.31. The Labute approximate surface area is 135 Å². The predicted molar refractivity (Wildman–Crippen MR) is 89.0 cm³/mol. The van der Waals surface area contributed by atoms with Crippen molar-refractivity contribution in [2.45, 2.75) is 26.7 Å². The topological polar surface area (TPSA) is 76.3 Å². The average Bonchev–Trinajstić information content (AvgIpc) is 2.53. The number of aromatic nitrogens is 1. The van der Waals surface area contributed by atoms with Crippen LogP contribution in [0.5, 0.6) is 0 Å². The Kier molecular flexibility index (Phi) is 4.03. The first-order valence-electron chi connectivity index (χ1n) is 7.92. The van der Waals surface area contributed by atoms with E-state index in [1.807, 2.05) is 38.1 Å². The summed E-state index contributed by atoms with van der Waals surface area (Å²) in [4.78, 5) is 30.4. The summed E-state index contributed by atoms with van der Waals surface area (Å²) in [6.45, 7) is 5.03. The molecule has 3 rings (SSSR count). The molecule has 23 heavy (non-hydrogen) atoms. The van der Waals surface area contributed by atoms with Gasteiger partial charge in [-0.05, 0) is 44.4 Å². The summed E-state index contributed by atoms with van der Waals surface area (Å²) in [7, 11) is 0. The van der Waals surface area contributed by atoms with E-state index in [1.165, 1.54) is 0 Å². The molecule has 1 saturated heterocycles. The maximum absolute atomic E-state index is 12.8. The fraction of sp³-hybridized carbons (Fsp3) is 0.389. The van der Waals surface area contributed by atoms with Crippen LogP contribution in [0, 0.1) is 19.8 Å². The fourth-order valence-corrected chi connectivity index (χ4v) is 3.13. The number of hydrogen-bond acceptors (Lipinski definition) is 3. The highest BCUT2D eigenvalue weighted by molar-refractivity contribution is 5.98. The first kappa shape index (κ1) is 15.5. The van der Waals surface area contributed by atoms with Crippen LogP contribution in [0.15, 0.2) is 24.3 Å². The van der Waals surface area contributed by atoms with Crippen molar-refractivity contribution in [2.24, 2.45) is 11.7 Å². The smallest absolute Gasteiger partial charge is 0.255 e. The van der Waals surface area contributed by atoms with Crippen molar-refractivity contribution >= 4 is 22.7 Å². The minimum atomic E-state index is -0.268. The highest BCUT2D eigenvalue weighted by Crippen LogP contribution is 2.22. The Morgan fingerprint density at radius 2 is 1.87 bits per heavy atom. The monoisotopic (exact) mass is 311 g/mol. The van der Waals surface area contributed by atoms with E-state index >= 15 is 0 Å². The second kappa shape index (κ2) is 5.99. The molecule has 120 valence electrons. The van der Waals surface area contributed by atoms with E-state index < -0.39 is 0 Å². The van der Waals surface area contributed by atoms with Crippen LogP contribution >= 0.6 is 0 Å². The molecule has 0 unspecified atom stereocenters. The molecule has 0 aliphatic carbocycles. The molecule has 1 aliphatic rings. The number of carbonyl (C=O) groups is 2. The number of carbonyl (C=O) groups excluding carboxylic acids is 2.